The van der Waals surface area contributed by atoms with Crippen molar-refractivity contribution < 1.29 is 4.79 Å². The van der Waals surface area contributed by atoms with Crippen LogP contribution >= 0.6 is 0 Å². The summed E-state index contributed by atoms with van der Waals surface area (Å²) in [6.45, 7) is 7.88. The van der Waals surface area contributed by atoms with Crippen molar-refractivity contribution in [1.29, 1.82) is 0 Å². The van der Waals surface area contributed by atoms with Gasteiger partial charge in [0, 0.05) is 57.9 Å². The molecule has 0 atom stereocenters. The molecule has 2 aromatic rings. The molecule has 0 radical (unpaired) electrons. The molecule has 144 valence electrons. The molecular formula is C19H27N7O. The lowest BCUT2D eigenvalue weighted by Gasteiger charge is -2.34. The number of hydrogen-bond donors (Lipinski definition) is 0. The Hall–Kier alpha value is -2.77. The predicted octanol–water partition coefficient (Wildman–Crippen LogP) is 1.77. The molecule has 1 amide bonds. The highest BCUT2D eigenvalue weighted by molar-refractivity contribution is 5.92. The number of amides is 1. The van der Waals surface area contributed by atoms with Gasteiger partial charge in [0.25, 0.3) is 5.91 Å². The van der Waals surface area contributed by atoms with Crippen LogP contribution in [0.3, 0.4) is 0 Å². The van der Waals surface area contributed by atoms with Crippen molar-refractivity contribution in [2.75, 3.05) is 49.6 Å². The summed E-state index contributed by atoms with van der Waals surface area (Å²) >= 11 is 0. The highest BCUT2D eigenvalue weighted by atomic mass is 16.2. The summed E-state index contributed by atoms with van der Waals surface area (Å²) in [6, 6.07) is 3.58. The van der Waals surface area contributed by atoms with Crippen LogP contribution in [0.4, 0.5) is 11.9 Å². The number of aromatic nitrogens is 4. The zero-order valence-electron chi connectivity index (χ0n) is 16.3. The molecule has 0 aromatic carbocycles. The summed E-state index contributed by atoms with van der Waals surface area (Å²) in [5.41, 5.74) is 1.27. The van der Waals surface area contributed by atoms with E-state index >= 15 is 0 Å². The third-order valence-corrected chi connectivity index (χ3v) is 4.65. The standard InChI is InChI=1S/C19H27N7O/c1-4-5-9-24(3)17(27)16-14-15(2)22-19(23-16)26-12-10-25(11-13-26)18-20-7-6-8-21-18/h6-8,14H,4-5,9-13H2,1-3H3. The lowest BCUT2D eigenvalue weighted by atomic mass is 10.2. The van der Waals surface area contributed by atoms with E-state index in [0.717, 1.165) is 57.2 Å². The molecule has 0 N–H and O–H groups in total. The normalized spacial score (nSPS) is 14.3. The summed E-state index contributed by atoms with van der Waals surface area (Å²) < 4.78 is 0. The van der Waals surface area contributed by atoms with E-state index in [-0.39, 0.29) is 5.91 Å². The number of aryl methyl sites for hydroxylation is 1. The van der Waals surface area contributed by atoms with E-state index in [2.05, 4.69) is 36.7 Å². The SMILES string of the molecule is CCCCN(C)C(=O)c1cc(C)nc(N2CCN(c3ncccn3)CC2)n1. The maximum Gasteiger partial charge on any atom is 0.272 e. The summed E-state index contributed by atoms with van der Waals surface area (Å²) in [5, 5.41) is 0. The van der Waals surface area contributed by atoms with Gasteiger partial charge in [-0.2, -0.15) is 0 Å². The van der Waals surface area contributed by atoms with Gasteiger partial charge in [-0.15, -0.1) is 0 Å². The topological polar surface area (TPSA) is 78.4 Å². The smallest absolute Gasteiger partial charge is 0.272 e. The lowest BCUT2D eigenvalue weighted by molar-refractivity contribution is 0.0787. The van der Waals surface area contributed by atoms with Gasteiger partial charge in [-0.1, -0.05) is 13.3 Å². The Morgan fingerprint density at radius 2 is 1.70 bits per heavy atom. The van der Waals surface area contributed by atoms with Crippen LogP contribution in [0.1, 0.15) is 35.9 Å². The average Bonchev–Trinajstić information content (AvgIpc) is 2.71. The maximum atomic E-state index is 12.7. The summed E-state index contributed by atoms with van der Waals surface area (Å²) in [7, 11) is 1.83. The zero-order valence-corrected chi connectivity index (χ0v) is 16.3. The molecule has 8 nitrogen and oxygen atoms in total. The van der Waals surface area contributed by atoms with E-state index in [0.29, 0.717) is 11.6 Å². The van der Waals surface area contributed by atoms with Crippen LogP contribution in [0, 0.1) is 6.92 Å². The molecule has 1 aliphatic heterocycles. The third kappa shape index (κ3) is 4.69. The molecule has 3 heterocycles. The number of unbranched alkanes of at least 4 members (excludes halogenated alkanes) is 1. The van der Waals surface area contributed by atoms with E-state index in [1.807, 2.05) is 20.0 Å². The molecule has 8 heteroatoms. The number of piperazine rings is 1. The Balaban J connectivity index is 1.69. The first-order valence-electron chi connectivity index (χ1n) is 9.46. The van der Waals surface area contributed by atoms with Gasteiger partial charge in [-0.3, -0.25) is 4.79 Å². The first kappa shape index (κ1) is 19.0. The van der Waals surface area contributed by atoms with Crippen LogP contribution in [0.5, 0.6) is 0 Å². The van der Waals surface area contributed by atoms with Crippen LogP contribution < -0.4 is 9.80 Å². The Kier molecular flexibility index (Phi) is 6.16. The van der Waals surface area contributed by atoms with Crippen molar-refractivity contribution in [3.63, 3.8) is 0 Å². The van der Waals surface area contributed by atoms with Crippen molar-refractivity contribution in [2.24, 2.45) is 0 Å². The van der Waals surface area contributed by atoms with Gasteiger partial charge in [-0.05, 0) is 25.5 Å². The summed E-state index contributed by atoms with van der Waals surface area (Å²) in [4.78, 5) is 36.4. The van der Waals surface area contributed by atoms with Crippen LogP contribution in [0.15, 0.2) is 24.5 Å². The van der Waals surface area contributed by atoms with Gasteiger partial charge in [0.2, 0.25) is 11.9 Å². The molecule has 0 spiro atoms. The molecule has 1 aliphatic rings. The van der Waals surface area contributed by atoms with E-state index in [9.17, 15) is 4.79 Å². The molecule has 0 unspecified atom stereocenters. The first-order valence-corrected chi connectivity index (χ1v) is 9.46. The molecule has 0 aliphatic carbocycles. The Morgan fingerprint density at radius 1 is 1.07 bits per heavy atom. The largest absolute Gasteiger partial charge is 0.340 e. The molecule has 2 aromatic heterocycles. The Labute approximate surface area is 160 Å². The monoisotopic (exact) mass is 369 g/mol. The molecule has 1 saturated heterocycles. The highest BCUT2D eigenvalue weighted by Crippen LogP contribution is 2.16. The number of carbonyl (C=O) groups is 1. The van der Waals surface area contributed by atoms with Gasteiger partial charge >= 0.3 is 0 Å². The Morgan fingerprint density at radius 3 is 2.33 bits per heavy atom. The van der Waals surface area contributed by atoms with Gasteiger partial charge < -0.3 is 14.7 Å². The predicted molar refractivity (Wildman–Crippen MR) is 105 cm³/mol. The fraction of sp³-hybridized carbons (Fsp3) is 0.526. The first-order chi connectivity index (χ1) is 13.1. The van der Waals surface area contributed by atoms with Crippen LogP contribution in [0.2, 0.25) is 0 Å². The van der Waals surface area contributed by atoms with Crippen molar-refractivity contribution in [3.05, 3.63) is 35.9 Å². The van der Waals surface area contributed by atoms with Crippen LogP contribution in [-0.4, -0.2) is 70.5 Å². The molecule has 0 saturated carbocycles. The van der Waals surface area contributed by atoms with E-state index in [4.69, 9.17) is 0 Å². The van der Waals surface area contributed by atoms with Crippen LogP contribution in [0.25, 0.3) is 0 Å². The fourth-order valence-corrected chi connectivity index (χ4v) is 3.06. The molecular weight excluding hydrogens is 342 g/mol. The van der Waals surface area contributed by atoms with Crippen molar-refractivity contribution in [2.45, 2.75) is 26.7 Å². The van der Waals surface area contributed by atoms with Crippen molar-refractivity contribution in [3.8, 4) is 0 Å². The van der Waals surface area contributed by atoms with Gasteiger partial charge in [0.1, 0.15) is 5.69 Å². The average molecular weight is 369 g/mol. The summed E-state index contributed by atoms with van der Waals surface area (Å²) in [5.74, 6) is 1.32. The van der Waals surface area contributed by atoms with Gasteiger partial charge in [-0.25, -0.2) is 19.9 Å². The molecule has 3 rings (SSSR count). The molecule has 1 fully saturated rings. The number of carbonyl (C=O) groups excluding carboxylic acids is 1. The number of nitrogens with zero attached hydrogens (tertiary/aromatic N) is 7. The summed E-state index contributed by atoms with van der Waals surface area (Å²) in [6.07, 6.45) is 5.56. The van der Waals surface area contributed by atoms with Crippen LogP contribution in [-0.2, 0) is 0 Å². The fourth-order valence-electron chi connectivity index (χ4n) is 3.06. The van der Waals surface area contributed by atoms with Crippen molar-refractivity contribution in [1.82, 2.24) is 24.8 Å². The highest BCUT2D eigenvalue weighted by Gasteiger charge is 2.22. The van der Waals surface area contributed by atoms with E-state index in [1.54, 1.807) is 23.4 Å². The second-order valence-corrected chi connectivity index (χ2v) is 6.80. The van der Waals surface area contributed by atoms with Gasteiger partial charge in [0.05, 0.1) is 0 Å². The quantitative estimate of drug-likeness (QED) is 0.768. The minimum absolute atomic E-state index is 0.0495. The Bertz CT molecular complexity index is 760. The maximum absolute atomic E-state index is 12.7. The second kappa shape index (κ2) is 8.75. The number of anilines is 2. The van der Waals surface area contributed by atoms with E-state index < -0.39 is 0 Å². The molecule has 0 bridgehead atoms. The number of hydrogen-bond acceptors (Lipinski definition) is 7. The van der Waals surface area contributed by atoms with E-state index in [1.165, 1.54) is 0 Å². The minimum atomic E-state index is -0.0495. The lowest BCUT2D eigenvalue weighted by Crippen LogP contribution is -2.47. The second-order valence-electron chi connectivity index (χ2n) is 6.80. The molecule has 27 heavy (non-hydrogen) atoms. The number of rotatable bonds is 6. The minimum Gasteiger partial charge on any atom is -0.340 e. The zero-order chi connectivity index (χ0) is 19.2. The third-order valence-electron chi connectivity index (χ3n) is 4.65. The van der Waals surface area contributed by atoms with Gasteiger partial charge in [0.15, 0.2) is 0 Å². The van der Waals surface area contributed by atoms with Crippen molar-refractivity contribution >= 4 is 17.8 Å².